The molecule has 2 aromatic rings. The molecule has 1 amide bonds. The molecule has 2 rings (SSSR count). The van der Waals surface area contributed by atoms with Crippen molar-refractivity contribution in [1.82, 2.24) is 20.0 Å². The molecule has 2 aromatic heterocycles. The predicted molar refractivity (Wildman–Crippen MR) is 112 cm³/mol. The normalized spacial score (nSPS) is 11.4. The van der Waals surface area contributed by atoms with Crippen molar-refractivity contribution < 1.29 is 9.21 Å². The molecule has 3 N–H and O–H groups in total. The number of nitrogens with zero attached hydrogens (tertiary/aromatic N) is 4. The summed E-state index contributed by atoms with van der Waals surface area (Å²) in [5.74, 6) is 1.26. The van der Waals surface area contributed by atoms with E-state index in [1.54, 1.807) is 19.2 Å². The van der Waals surface area contributed by atoms with E-state index in [0.29, 0.717) is 24.8 Å². The number of nitrogens with one attached hydrogen (secondary N) is 1. The smallest absolute Gasteiger partial charge is 0.284 e. The fourth-order valence-corrected chi connectivity index (χ4v) is 2.65. The molecule has 144 valence electrons. The number of furan rings is 1. The molecule has 26 heavy (non-hydrogen) atoms. The standard InChI is InChI=1S/C17H26N6O2.HI/c1-11(2)15-12(10-23(5)21-15)9-22(4)17(19-3)20-8-13-6-7-14(25-13)16(18)24;/h6-7,10-11H,8-9H2,1-5H3,(H2,18,24)(H,19,20);1H. The number of carbonyl (C=O) groups excluding carboxylic acids is 1. The summed E-state index contributed by atoms with van der Waals surface area (Å²) in [6, 6.07) is 3.29. The Morgan fingerprint density at radius 2 is 2.15 bits per heavy atom. The van der Waals surface area contributed by atoms with Gasteiger partial charge < -0.3 is 20.4 Å². The lowest BCUT2D eigenvalue weighted by molar-refractivity contribution is 0.0972. The van der Waals surface area contributed by atoms with Crippen LogP contribution in [0, 0.1) is 0 Å². The minimum absolute atomic E-state index is 0. The molecule has 0 aliphatic carbocycles. The lowest BCUT2D eigenvalue weighted by Crippen LogP contribution is -2.38. The highest BCUT2D eigenvalue weighted by Crippen LogP contribution is 2.18. The minimum Gasteiger partial charge on any atom is -0.454 e. The summed E-state index contributed by atoms with van der Waals surface area (Å²) < 4.78 is 7.20. The van der Waals surface area contributed by atoms with Crippen LogP contribution in [0.25, 0.3) is 0 Å². The molecule has 0 radical (unpaired) electrons. The third-order valence-electron chi connectivity index (χ3n) is 3.79. The van der Waals surface area contributed by atoms with Gasteiger partial charge in [0.25, 0.3) is 5.91 Å². The van der Waals surface area contributed by atoms with E-state index < -0.39 is 5.91 Å². The molecule has 8 nitrogen and oxygen atoms in total. The van der Waals surface area contributed by atoms with Crippen molar-refractivity contribution in [3.8, 4) is 0 Å². The van der Waals surface area contributed by atoms with Gasteiger partial charge in [0, 0.05) is 39.4 Å². The van der Waals surface area contributed by atoms with Crippen LogP contribution < -0.4 is 11.1 Å². The summed E-state index contributed by atoms with van der Waals surface area (Å²) in [5, 5.41) is 7.75. The Kier molecular flexibility index (Phi) is 8.12. The van der Waals surface area contributed by atoms with Gasteiger partial charge in [-0.1, -0.05) is 13.8 Å². The summed E-state index contributed by atoms with van der Waals surface area (Å²) >= 11 is 0. The summed E-state index contributed by atoms with van der Waals surface area (Å²) in [6.07, 6.45) is 2.03. The second-order valence-electron chi connectivity index (χ2n) is 6.25. The molecular weight excluding hydrogens is 447 g/mol. The highest BCUT2D eigenvalue weighted by Gasteiger charge is 2.15. The van der Waals surface area contributed by atoms with Crippen molar-refractivity contribution in [1.29, 1.82) is 0 Å². The first-order valence-corrected chi connectivity index (χ1v) is 8.14. The van der Waals surface area contributed by atoms with E-state index >= 15 is 0 Å². The summed E-state index contributed by atoms with van der Waals surface area (Å²) in [6.45, 7) is 5.36. The van der Waals surface area contributed by atoms with Crippen LogP contribution in [0.5, 0.6) is 0 Å². The quantitative estimate of drug-likeness (QED) is 0.379. The number of amides is 1. The van der Waals surface area contributed by atoms with Gasteiger partial charge in [-0.05, 0) is 18.1 Å². The Bertz CT molecular complexity index is 765. The van der Waals surface area contributed by atoms with Gasteiger partial charge in [-0.2, -0.15) is 5.10 Å². The van der Waals surface area contributed by atoms with Crippen molar-refractivity contribution >= 4 is 35.8 Å². The number of nitrogens with two attached hydrogens (primary N) is 1. The number of rotatable bonds is 6. The van der Waals surface area contributed by atoms with Crippen LogP contribution in [0.3, 0.4) is 0 Å². The van der Waals surface area contributed by atoms with Gasteiger partial charge in [0.15, 0.2) is 11.7 Å². The molecule has 0 unspecified atom stereocenters. The number of hydrogen-bond donors (Lipinski definition) is 2. The molecule has 0 fully saturated rings. The Balaban J connectivity index is 0.00000338. The summed E-state index contributed by atoms with van der Waals surface area (Å²) in [4.78, 5) is 17.4. The fourth-order valence-electron chi connectivity index (χ4n) is 2.65. The van der Waals surface area contributed by atoms with Crippen LogP contribution in [-0.2, 0) is 20.1 Å². The van der Waals surface area contributed by atoms with Crippen molar-refractivity contribution in [3.63, 3.8) is 0 Å². The van der Waals surface area contributed by atoms with Crippen LogP contribution in [0.15, 0.2) is 27.7 Å². The largest absolute Gasteiger partial charge is 0.454 e. The Hall–Kier alpha value is -2.04. The molecular formula is C17H27IN6O2. The number of guanidine groups is 1. The van der Waals surface area contributed by atoms with Gasteiger partial charge in [0.05, 0.1) is 12.2 Å². The van der Waals surface area contributed by atoms with Crippen LogP contribution in [0.4, 0.5) is 0 Å². The topological polar surface area (TPSA) is 102 Å². The monoisotopic (exact) mass is 474 g/mol. The maximum Gasteiger partial charge on any atom is 0.284 e. The van der Waals surface area contributed by atoms with E-state index in [0.717, 1.165) is 17.2 Å². The average molecular weight is 474 g/mol. The molecule has 0 spiro atoms. The van der Waals surface area contributed by atoms with Gasteiger partial charge in [0.2, 0.25) is 0 Å². The first kappa shape index (κ1) is 22.0. The number of halogens is 1. The SMILES string of the molecule is CN=C(NCc1ccc(C(N)=O)o1)N(C)Cc1cn(C)nc1C(C)C.I. The molecule has 0 aliphatic rings. The van der Waals surface area contributed by atoms with E-state index in [1.165, 1.54) is 0 Å². The van der Waals surface area contributed by atoms with Crippen molar-refractivity contribution in [3.05, 3.63) is 41.1 Å². The second-order valence-corrected chi connectivity index (χ2v) is 6.25. The number of carbonyl (C=O) groups is 1. The molecule has 0 atom stereocenters. The Morgan fingerprint density at radius 3 is 2.69 bits per heavy atom. The van der Waals surface area contributed by atoms with Crippen molar-refractivity contribution in [2.75, 3.05) is 14.1 Å². The zero-order valence-electron chi connectivity index (χ0n) is 15.8. The molecule has 9 heteroatoms. The van der Waals surface area contributed by atoms with E-state index in [-0.39, 0.29) is 29.7 Å². The lowest BCUT2D eigenvalue weighted by atomic mass is 10.1. The van der Waals surface area contributed by atoms with E-state index in [2.05, 4.69) is 29.3 Å². The number of aliphatic imine (C=N–C) groups is 1. The molecule has 0 aromatic carbocycles. The predicted octanol–water partition coefficient (Wildman–Crippen LogP) is 2.06. The van der Waals surface area contributed by atoms with E-state index in [1.807, 2.05) is 29.9 Å². The van der Waals surface area contributed by atoms with Gasteiger partial charge in [-0.15, -0.1) is 24.0 Å². The molecule has 2 heterocycles. The van der Waals surface area contributed by atoms with Gasteiger partial charge in [0.1, 0.15) is 5.76 Å². The average Bonchev–Trinajstić information content (AvgIpc) is 3.14. The van der Waals surface area contributed by atoms with Crippen LogP contribution in [0.1, 0.15) is 47.3 Å². The first-order chi connectivity index (χ1) is 11.8. The van der Waals surface area contributed by atoms with E-state index in [9.17, 15) is 4.79 Å². The zero-order valence-corrected chi connectivity index (χ0v) is 18.1. The summed E-state index contributed by atoms with van der Waals surface area (Å²) in [7, 11) is 5.61. The zero-order chi connectivity index (χ0) is 18.6. The highest BCUT2D eigenvalue weighted by molar-refractivity contribution is 14.0. The van der Waals surface area contributed by atoms with Crippen molar-refractivity contribution in [2.24, 2.45) is 17.8 Å². The maximum atomic E-state index is 11.1. The number of aromatic nitrogens is 2. The summed E-state index contributed by atoms with van der Waals surface area (Å²) in [5.41, 5.74) is 7.44. The third-order valence-corrected chi connectivity index (χ3v) is 3.79. The maximum absolute atomic E-state index is 11.1. The molecule has 0 saturated heterocycles. The van der Waals surface area contributed by atoms with Crippen molar-refractivity contribution in [2.45, 2.75) is 32.9 Å². The van der Waals surface area contributed by atoms with Crippen LogP contribution in [0.2, 0.25) is 0 Å². The molecule has 0 saturated carbocycles. The first-order valence-electron chi connectivity index (χ1n) is 8.14. The Labute approximate surface area is 170 Å². The van der Waals surface area contributed by atoms with Crippen LogP contribution in [-0.4, -0.2) is 40.6 Å². The number of hydrogen-bond acceptors (Lipinski definition) is 4. The van der Waals surface area contributed by atoms with E-state index in [4.69, 9.17) is 10.2 Å². The fraction of sp³-hybridized carbons (Fsp3) is 0.471. The number of aryl methyl sites for hydroxylation is 1. The second kappa shape index (κ2) is 9.60. The van der Waals surface area contributed by atoms with Gasteiger partial charge in [-0.3, -0.25) is 14.5 Å². The Morgan fingerprint density at radius 1 is 1.46 bits per heavy atom. The highest BCUT2D eigenvalue weighted by atomic mass is 127. The molecule has 0 bridgehead atoms. The van der Waals surface area contributed by atoms with Gasteiger partial charge >= 0.3 is 0 Å². The third kappa shape index (κ3) is 5.48. The van der Waals surface area contributed by atoms with Crippen LogP contribution >= 0.6 is 24.0 Å². The minimum atomic E-state index is -0.578. The van der Waals surface area contributed by atoms with Gasteiger partial charge in [-0.25, -0.2) is 0 Å². The lowest BCUT2D eigenvalue weighted by Gasteiger charge is -2.22. The molecule has 0 aliphatic heterocycles. The number of primary amides is 1.